The van der Waals surface area contributed by atoms with Crippen LogP contribution in [0.25, 0.3) is 6.08 Å². The average molecular weight is 399 g/mol. The Hall–Kier alpha value is -2.92. The van der Waals surface area contributed by atoms with Crippen LogP contribution in [0.3, 0.4) is 0 Å². The fourth-order valence-corrected chi connectivity index (χ4v) is 5.11. The highest BCUT2D eigenvalue weighted by atomic mass is 32.2. The number of sulfone groups is 1. The number of ether oxygens (including phenoxy) is 1. The quantitative estimate of drug-likeness (QED) is 0.435. The molecule has 1 atom stereocenters. The summed E-state index contributed by atoms with van der Waals surface area (Å²) in [6.45, 7) is 3.60. The number of nitrogens with zero attached hydrogens (tertiary/aromatic N) is 3. The molecule has 2 heterocycles. The third-order valence-electron chi connectivity index (χ3n) is 4.92. The summed E-state index contributed by atoms with van der Waals surface area (Å²) in [6, 6.07) is 8.38. The van der Waals surface area contributed by atoms with Crippen LogP contribution >= 0.6 is 0 Å². The number of aryl methyl sites for hydroxylation is 1. The second-order valence-corrected chi connectivity index (χ2v) is 9.05. The van der Waals surface area contributed by atoms with Gasteiger partial charge in [0.1, 0.15) is 17.4 Å². The third kappa shape index (κ3) is 3.85. The van der Waals surface area contributed by atoms with Crippen LogP contribution in [0.5, 0.6) is 5.75 Å². The van der Waals surface area contributed by atoms with Crippen molar-refractivity contribution in [1.29, 1.82) is 5.26 Å². The van der Waals surface area contributed by atoms with E-state index in [2.05, 4.69) is 5.10 Å². The summed E-state index contributed by atoms with van der Waals surface area (Å²) in [5, 5.41) is 14.0. The first-order valence-corrected chi connectivity index (χ1v) is 10.6. The van der Waals surface area contributed by atoms with Crippen LogP contribution in [0.15, 0.2) is 29.8 Å². The molecule has 1 aliphatic rings. The van der Waals surface area contributed by atoms with Crippen LogP contribution in [-0.4, -0.2) is 42.6 Å². The lowest BCUT2D eigenvalue weighted by Gasteiger charge is -2.11. The Morgan fingerprint density at radius 3 is 2.75 bits per heavy atom. The maximum atomic E-state index is 12.8. The van der Waals surface area contributed by atoms with Crippen molar-refractivity contribution in [2.75, 3.05) is 18.6 Å². The van der Waals surface area contributed by atoms with Crippen molar-refractivity contribution in [3.8, 4) is 11.8 Å². The molecular formula is C20H21N3O4S. The van der Waals surface area contributed by atoms with E-state index in [9.17, 15) is 18.5 Å². The van der Waals surface area contributed by atoms with Gasteiger partial charge >= 0.3 is 0 Å². The van der Waals surface area contributed by atoms with Crippen LogP contribution in [-0.2, 0) is 9.84 Å². The number of carbonyl (C=O) groups excluding carboxylic acids is 1. The number of aromatic nitrogens is 2. The normalized spacial score (nSPS) is 18.6. The number of hydrogen-bond acceptors (Lipinski definition) is 6. The standard InChI is InChI=1S/C20H21N3O4S/c1-13-19(14(2)23(22-13)17-7-8-28(25,26)12-17)10-16(11-21)20(24)15-5-4-6-18(9-15)27-3/h4-6,9-10,17H,7-8,12H2,1-3H3/b16-10+/t17-/m1/s1. The highest BCUT2D eigenvalue weighted by molar-refractivity contribution is 7.91. The lowest BCUT2D eigenvalue weighted by Crippen LogP contribution is -2.14. The van der Waals surface area contributed by atoms with Crippen molar-refractivity contribution < 1.29 is 17.9 Å². The highest BCUT2D eigenvalue weighted by Gasteiger charge is 2.31. The number of benzene rings is 1. The number of carbonyl (C=O) groups is 1. The Labute approximate surface area is 164 Å². The summed E-state index contributed by atoms with van der Waals surface area (Å²) in [5.41, 5.74) is 2.39. The van der Waals surface area contributed by atoms with Crippen molar-refractivity contribution in [2.45, 2.75) is 26.3 Å². The SMILES string of the molecule is COc1cccc(C(=O)/C(C#N)=C/c2c(C)nn([C@@H]3CCS(=O)(=O)C3)c2C)c1. The van der Waals surface area contributed by atoms with E-state index in [0.29, 0.717) is 29.0 Å². The van der Waals surface area contributed by atoms with Gasteiger partial charge in [0.05, 0.1) is 30.4 Å². The molecule has 8 heteroatoms. The molecule has 1 aliphatic heterocycles. The number of hydrogen-bond donors (Lipinski definition) is 0. The van der Waals surface area contributed by atoms with Gasteiger partial charge in [-0.3, -0.25) is 9.48 Å². The third-order valence-corrected chi connectivity index (χ3v) is 6.67. The van der Waals surface area contributed by atoms with Gasteiger partial charge in [0.25, 0.3) is 0 Å². The molecule has 1 aromatic heterocycles. The zero-order valence-electron chi connectivity index (χ0n) is 16.0. The Morgan fingerprint density at radius 2 is 2.14 bits per heavy atom. The molecule has 0 bridgehead atoms. The van der Waals surface area contributed by atoms with Gasteiger partial charge in [-0.2, -0.15) is 10.4 Å². The van der Waals surface area contributed by atoms with Crippen molar-refractivity contribution in [1.82, 2.24) is 9.78 Å². The van der Waals surface area contributed by atoms with Crippen molar-refractivity contribution in [2.24, 2.45) is 0 Å². The molecule has 146 valence electrons. The van der Waals surface area contributed by atoms with E-state index < -0.39 is 15.6 Å². The lowest BCUT2D eigenvalue weighted by atomic mass is 10.0. The zero-order valence-corrected chi connectivity index (χ0v) is 16.8. The van der Waals surface area contributed by atoms with Crippen LogP contribution in [0.2, 0.25) is 0 Å². The fraction of sp³-hybridized carbons (Fsp3) is 0.350. The van der Waals surface area contributed by atoms with Crippen molar-refractivity contribution in [3.05, 3.63) is 52.4 Å². The minimum atomic E-state index is -3.04. The first-order chi connectivity index (χ1) is 13.3. The van der Waals surface area contributed by atoms with Gasteiger partial charge < -0.3 is 4.74 Å². The summed E-state index contributed by atoms with van der Waals surface area (Å²) in [4.78, 5) is 12.8. The first-order valence-electron chi connectivity index (χ1n) is 8.82. The van der Waals surface area contributed by atoms with Gasteiger partial charge in [0, 0.05) is 16.8 Å². The monoisotopic (exact) mass is 399 g/mol. The van der Waals surface area contributed by atoms with E-state index in [1.807, 2.05) is 13.0 Å². The molecule has 28 heavy (non-hydrogen) atoms. The predicted molar refractivity (Wildman–Crippen MR) is 105 cm³/mol. The van der Waals surface area contributed by atoms with E-state index in [-0.39, 0.29) is 23.1 Å². The number of nitriles is 1. The molecule has 0 amide bonds. The van der Waals surface area contributed by atoms with E-state index in [4.69, 9.17) is 4.74 Å². The summed E-state index contributed by atoms with van der Waals surface area (Å²) < 4.78 is 30.4. The molecule has 7 nitrogen and oxygen atoms in total. The largest absolute Gasteiger partial charge is 0.497 e. The van der Waals surface area contributed by atoms with Crippen LogP contribution in [0.1, 0.15) is 39.8 Å². The summed E-state index contributed by atoms with van der Waals surface area (Å²) in [7, 11) is -1.53. The Morgan fingerprint density at radius 1 is 1.39 bits per heavy atom. The number of allylic oxidation sites excluding steroid dienone is 1. The van der Waals surface area contributed by atoms with Gasteiger partial charge in [-0.25, -0.2) is 8.42 Å². The van der Waals surface area contributed by atoms with Gasteiger partial charge in [0.15, 0.2) is 9.84 Å². The Balaban J connectivity index is 1.97. The minimum Gasteiger partial charge on any atom is -0.497 e. The predicted octanol–water partition coefficient (Wildman–Crippen LogP) is 2.66. The molecule has 1 saturated heterocycles. The van der Waals surface area contributed by atoms with Crippen LogP contribution in [0.4, 0.5) is 0 Å². The zero-order chi connectivity index (χ0) is 20.5. The molecule has 3 rings (SSSR count). The molecule has 0 aliphatic carbocycles. The van der Waals surface area contributed by atoms with Crippen molar-refractivity contribution in [3.63, 3.8) is 0 Å². The maximum Gasteiger partial charge on any atom is 0.203 e. The first kappa shape index (κ1) is 19.8. The summed E-state index contributed by atoms with van der Waals surface area (Å²) in [5.74, 6) is 0.340. The van der Waals surface area contributed by atoms with Crippen molar-refractivity contribution >= 4 is 21.7 Å². The smallest absolute Gasteiger partial charge is 0.203 e. The molecule has 0 spiro atoms. The van der Waals surface area contributed by atoms with E-state index >= 15 is 0 Å². The molecule has 1 fully saturated rings. The molecule has 0 unspecified atom stereocenters. The molecule has 0 N–H and O–H groups in total. The van der Waals surface area contributed by atoms with E-state index in [0.717, 1.165) is 5.69 Å². The molecular weight excluding hydrogens is 378 g/mol. The topological polar surface area (TPSA) is 102 Å². The van der Waals surface area contributed by atoms with Gasteiger partial charge in [-0.05, 0) is 38.5 Å². The van der Waals surface area contributed by atoms with E-state index in [1.165, 1.54) is 13.2 Å². The minimum absolute atomic E-state index is 0.0157. The summed E-state index contributed by atoms with van der Waals surface area (Å²) in [6.07, 6.45) is 2.04. The molecule has 2 aromatic rings. The molecule has 0 saturated carbocycles. The van der Waals surface area contributed by atoms with Crippen LogP contribution < -0.4 is 4.74 Å². The molecule has 1 aromatic carbocycles. The van der Waals surface area contributed by atoms with Gasteiger partial charge in [-0.15, -0.1) is 0 Å². The van der Waals surface area contributed by atoms with E-state index in [1.54, 1.807) is 35.9 Å². The Bertz CT molecular complexity index is 1110. The van der Waals surface area contributed by atoms with Crippen LogP contribution in [0, 0.1) is 25.2 Å². The number of methoxy groups -OCH3 is 1. The van der Waals surface area contributed by atoms with Gasteiger partial charge in [0.2, 0.25) is 5.78 Å². The second-order valence-electron chi connectivity index (χ2n) is 6.82. The highest BCUT2D eigenvalue weighted by Crippen LogP contribution is 2.28. The number of rotatable bonds is 5. The number of Topliss-reactive ketones (excluding diaryl/α,β-unsaturated/α-hetero) is 1. The fourth-order valence-electron chi connectivity index (χ4n) is 3.42. The lowest BCUT2D eigenvalue weighted by molar-refractivity contribution is 0.103. The van der Waals surface area contributed by atoms with Gasteiger partial charge in [-0.1, -0.05) is 12.1 Å². The number of ketones is 1. The Kier molecular flexibility index (Phi) is 5.38. The summed E-state index contributed by atoms with van der Waals surface area (Å²) >= 11 is 0. The molecule has 0 radical (unpaired) electrons. The average Bonchev–Trinajstić information content (AvgIpc) is 3.18. The maximum absolute atomic E-state index is 12.8. The second kappa shape index (κ2) is 7.60.